The molecule has 1 heteroatoms. The van der Waals surface area contributed by atoms with Crippen LogP contribution in [0.2, 0.25) is 0 Å². The van der Waals surface area contributed by atoms with E-state index in [0.29, 0.717) is 6.42 Å². The summed E-state index contributed by atoms with van der Waals surface area (Å²) in [5.41, 5.74) is 3.84. The van der Waals surface area contributed by atoms with Crippen molar-refractivity contribution in [2.45, 2.75) is 31.8 Å². The Balaban J connectivity index is 1.90. The van der Waals surface area contributed by atoms with E-state index in [1.807, 2.05) is 24.3 Å². The molecule has 0 fully saturated rings. The molecule has 1 atom stereocenters. The zero-order valence-electron chi connectivity index (χ0n) is 11.8. The molecule has 1 unspecified atom stereocenters. The topological polar surface area (TPSA) is 20.2 Å². The van der Waals surface area contributed by atoms with E-state index in [-0.39, 0.29) is 0 Å². The molecule has 0 saturated carbocycles. The number of rotatable bonds is 3. The van der Waals surface area contributed by atoms with Gasteiger partial charge in [0.25, 0.3) is 0 Å². The minimum atomic E-state index is -0.876. The molecule has 2 aromatic carbocycles. The highest BCUT2D eigenvalue weighted by atomic mass is 16.3. The summed E-state index contributed by atoms with van der Waals surface area (Å²) in [6, 6.07) is 16.6. The Morgan fingerprint density at radius 3 is 2.55 bits per heavy atom. The highest BCUT2D eigenvalue weighted by Crippen LogP contribution is 2.33. The quantitative estimate of drug-likeness (QED) is 0.885. The summed E-state index contributed by atoms with van der Waals surface area (Å²) in [6.45, 7) is 2.18. The molecule has 102 valence electrons. The van der Waals surface area contributed by atoms with Gasteiger partial charge in [0.1, 0.15) is 5.60 Å². The summed E-state index contributed by atoms with van der Waals surface area (Å²) in [5.74, 6) is 0. The van der Waals surface area contributed by atoms with E-state index in [9.17, 15) is 5.11 Å². The largest absolute Gasteiger partial charge is 0.381 e. The smallest absolute Gasteiger partial charge is 0.112 e. The third-order valence-electron chi connectivity index (χ3n) is 4.05. The fraction of sp³-hybridized carbons (Fsp3) is 0.263. The monoisotopic (exact) mass is 264 g/mol. The molecule has 1 nitrogen and oxygen atoms in total. The van der Waals surface area contributed by atoms with Crippen molar-refractivity contribution >= 4 is 6.08 Å². The maximum Gasteiger partial charge on any atom is 0.112 e. The second-order valence-electron chi connectivity index (χ2n) is 5.58. The standard InChI is InChI=1S/C19H20O/c1-2-5-15-8-10-18(11-9-15)19(20)13-12-16-6-3-4-7-17(16)14-19/h3-4,6-13,20H,2,5,14H2,1H3. The maximum atomic E-state index is 10.9. The van der Waals surface area contributed by atoms with E-state index in [2.05, 4.69) is 43.3 Å². The summed E-state index contributed by atoms with van der Waals surface area (Å²) in [6.07, 6.45) is 6.84. The van der Waals surface area contributed by atoms with Crippen LogP contribution in [0.1, 0.15) is 35.6 Å². The lowest BCUT2D eigenvalue weighted by Gasteiger charge is -2.29. The van der Waals surface area contributed by atoms with Gasteiger partial charge < -0.3 is 5.11 Å². The molecule has 1 aliphatic rings. The van der Waals surface area contributed by atoms with Crippen LogP contribution in [0.3, 0.4) is 0 Å². The van der Waals surface area contributed by atoms with Gasteiger partial charge in [-0.3, -0.25) is 0 Å². The van der Waals surface area contributed by atoms with E-state index < -0.39 is 5.60 Å². The van der Waals surface area contributed by atoms with Crippen LogP contribution in [0, 0.1) is 0 Å². The van der Waals surface area contributed by atoms with Gasteiger partial charge in [0.15, 0.2) is 0 Å². The highest BCUT2D eigenvalue weighted by molar-refractivity contribution is 5.59. The molecule has 2 aromatic rings. The van der Waals surface area contributed by atoms with Gasteiger partial charge in [-0.1, -0.05) is 68.0 Å². The summed E-state index contributed by atoms with van der Waals surface area (Å²) >= 11 is 0. The van der Waals surface area contributed by atoms with E-state index in [1.54, 1.807) is 0 Å². The molecule has 0 saturated heterocycles. The predicted molar refractivity (Wildman–Crippen MR) is 83.5 cm³/mol. The van der Waals surface area contributed by atoms with Crippen molar-refractivity contribution in [2.24, 2.45) is 0 Å². The summed E-state index contributed by atoms with van der Waals surface area (Å²) in [5, 5.41) is 10.9. The Morgan fingerprint density at radius 2 is 1.80 bits per heavy atom. The molecule has 20 heavy (non-hydrogen) atoms. The lowest BCUT2D eigenvalue weighted by atomic mass is 9.81. The second-order valence-corrected chi connectivity index (χ2v) is 5.58. The summed E-state index contributed by atoms with van der Waals surface area (Å²) < 4.78 is 0. The lowest BCUT2D eigenvalue weighted by molar-refractivity contribution is 0.0893. The van der Waals surface area contributed by atoms with Crippen molar-refractivity contribution in [3.05, 3.63) is 76.9 Å². The second kappa shape index (κ2) is 5.26. The minimum absolute atomic E-state index is 0.646. The Labute approximate surface area is 120 Å². The van der Waals surface area contributed by atoms with E-state index in [0.717, 1.165) is 18.4 Å². The maximum absolute atomic E-state index is 10.9. The first-order valence-electron chi connectivity index (χ1n) is 7.30. The minimum Gasteiger partial charge on any atom is -0.381 e. The van der Waals surface area contributed by atoms with Crippen molar-refractivity contribution in [3.8, 4) is 0 Å². The summed E-state index contributed by atoms with van der Waals surface area (Å²) in [4.78, 5) is 0. The first-order chi connectivity index (χ1) is 9.71. The Kier molecular flexibility index (Phi) is 3.45. The number of aliphatic hydroxyl groups is 1. The molecule has 0 amide bonds. The first-order valence-corrected chi connectivity index (χ1v) is 7.30. The molecule has 1 N–H and O–H groups in total. The SMILES string of the molecule is CCCc1ccc(C2(O)C=Cc3ccccc3C2)cc1. The summed E-state index contributed by atoms with van der Waals surface area (Å²) in [7, 11) is 0. The molecule has 1 aliphatic carbocycles. The first kappa shape index (κ1) is 13.1. The van der Waals surface area contributed by atoms with Crippen LogP contribution in [0.25, 0.3) is 6.08 Å². The highest BCUT2D eigenvalue weighted by Gasteiger charge is 2.29. The van der Waals surface area contributed by atoms with E-state index >= 15 is 0 Å². The number of fused-ring (bicyclic) bond motifs is 1. The number of hydrogen-bond acceptors (Lipinski definition) is 1. The van der Waals surface area contributed by atoms with Gasteiger partial charge in [0, 0.05) is 6.42 Å². The van der Waals surface area contributed by atoms with Crippen LogP contribution < -0.4 is 0 Å². The van der Waals surface area contributed by atoms with Crippen LogP contribution >= 0.6 is 0 Å². The molecule has 0 heterocycles. The van der Waals surface area contributed by atoms with Crippen LogP contribution in [-0.4, -0.2) is 5.11 Å². The van der Waals surface area contributed by atoms with Crippen LogP contribution in [0.15, 0.2) is 54.6 Å². The van der Waals surface area contributed by atoms with Crippen molar-refractivity contribution in [2.75, 3.05) is 0 Å². The van der Waals surface area contributed by atoms with Gasteiger partial charge in [-0.05, 0) is 34.8 Å². The van der Waals surface area contributed by atoms with Crippen molar-refractivity contribution < 1.29 is 5.11 Å². The van der Waals surface area contributed by atoms with Crippen LogP contribution in [0.4, 0.5) is 0 Å². The van der Waals surface area contributed by atoms with Gasteiger partial charge in [0.2, 0.25) is 0 Å². The van der Waals surface area contributed by atoms with Gasteiger partial charge in [-0.2, -0.15) is 0 Å². The molecule has 0 aromatic heterocycles. The van der Waals surface area contributed by atoms with Gasteiger partial charge in [-0.15, -0.1) is 0 Å². The molecule has 0 spiro atoms. The Morgan fingerprint density at radius 1 is 1.05 bits per heavy atom. The third kappa shape index (κ3) is 2.41. The van der Waals surface area contributed by atoms with Crippen LogP contribution in [0.5, 0.6) is 0 Å². The fourth-order valence-corrected chi connectivity index (χ4v) is 2.88. The lowest BCUT2D eigenvalue weighted by Crippen LogP contribution is -2.28. The fourth-order valence-electron chi connectivity index (χ4n) is 2.88. The van der Waals surface area contributed by atoms with Gasteiger partial charge in [0.05, 0.1) is 0 Å². The third-order valence-corrected chi connectivity index (χ3v) is 4.05. The van der Waals surface area contributed by atoms with E-state index in [1.165, 1.54) is 16.7 Å². The number of aryl methyl sites for hydroxylation is 1. The van der Waals surface area contributed by atoms with Gasteiger partial charge >= 0.3 is 0 Å². The zero-order chi connectivity index (χ0) is 14.0. The molecule has 0 radical (unpaired) electrons. The molecular formula is C19H20O. The van der Waals surface area contributed by atoms with Gasteiger partial charge in [-0.25, -0.2) is 0 Å². The Hall–Kier alpha value is -1.86. The van der Waals surface area contributed by atoms with Crippen molar-refractivity contribution in [3.63, 3.8) is 0 Å². The average molecular weight is 264 g/mol. The van der Waals surface area contributed by atoms with E-state index in [4.69, 9.17) is 0 Å². The number of hydrogen-bond donors (Lipinski definition) is 1. The zero-order valence-corrected chi connectivity index (χ0v) is 11.8. The molecular weight excluding hydrogens is 244 g/mol. The molecule has 0 bridgehead atoms. The number of benzene rings is 2. The molecule has 3 rings (SSSR count). The predicted octanol–water partition coefficient (Wildman–Crippen LogP) is 4.10. The van der Waals surface area contributed by atoms with Crippen LogP contribution in [-0.2, 0) is 18.4 Å². The molecule has 0 aliphatic heterocycles. The van der Waals surface area contributed by atoms with Crippen molar-refractivity contribution in [1.29, 1.82) is 0 Å². The average Bonchev–Trinajstić information content (AvgIpc) is 2.48. The van der Waals surface area contributed by atoms with Crippen molar-refractivity contribution in [1.82, 2.24) is 0 Å². The Bertz CT molecular complexity index is 624. The normalized spacial score (nSPS) is 20.7.